The van der Waals surface area contributed by atoms with Crippen molar-refractivity contribution in [1.29, 1.82) is 0 Å². The summed E-state index contributed by atoms with van der Waals surface area (Å²) in [6.07, 6.45) is 0. The van der Waals surface area contributed by atoms with Crippen molar-refractivity contribution < 1.29 is 9.53 Å². The van der Waals surface area contributed by atoms with Crippen molar-refractivity contribution in [3.8, 4) is 5.75 Å². The van der Waals surface area contributed by atoms with Gasteiger partial charge >= 0.3 is 0 Å². The van der Waals surface area contributed by atoms with Gasteiger partial charge in [-0.15, -0.1) is 10.2 Å². The molecule has 4 aromatic rings. The van der Waals surface area contributed by atoms with E-state index in [1.54, 1.807) is 0 Å². The van der Waals surface area contributed by atoms with Gasteiger partial charge in [0.2, 0.25) is 11.1 Å². The Balaban J connectivity index is 1.43. The number of nitrogens with one attached hydrogen (secondary N) is 2. The topological polar surface area (TPSA) is 81.1 Å². The Morgan fingerprint density at radius 3 is 2.50 bits per heavy atom. The number of para-hydroxylation sites is 2. The molecule has 0 spiro atoms. The molecule has 0 aliphatic carbocycles. The molecule has 34 heavy (non-hydrogen) atoms. The van der Waals surface area contributed by atoms with Gasteiger partial charge in [-0.3, -0.25) is 4.79 Å². The predicted octanol–water partition coefficient (Wildman–Crippen LogP) is 4.87. The minimum absolute atomic E-state index is 0.0892. The predicted molar refractivity (Wildman–Crippen MR) is 134 cm³/mol. The first-order valence-corrected chi connectivity index (χ1v) is 11.9. The number of ether oxygens (including phenoxy) is 1. The van der Waals surface area contributed by atoms with Crippen LogP contribution in [0.4, 0.5) is 5.69 Å². The van der Waals surface area contributed by atoms with Crippen molar-refractivity contribution >= 4 is 23.4 Å². The van der Waals surface area contributed by atoms with Gasteiger partial charge in [0, 0.05) is 5.69 Å². The van der Waals surface area contributed by atoms with Crippen LogP contribution in [0.5, 0.6) is 5.75 Å². The number of fused-ring (bicyclic) bond motifs is 1. The highest BCUT2D eigenvalue weighted by Gasteiger charge is 2.38. The third-order valence-electron chi connectivity index (χ3n) is 5.71. The van der Waals surface area contributed by atoms with Gasteiger partial charge in [0.1, 0.15) is 17.6 Å². The Labute approximate surface area is 202 Å². The minimum atomic E-state index is -0.443. The lowest BCUT2D eigenvalue weighted by molar-refractivity contribution is -0.116. The van der Waals surface area contributed by atoms with Gasteiger partial charge in [0.25, 0.3) is 0 Å². The summed E-state index contributed by atoms with van der Waals surface area (Å²) in [7, 11) is 0. The van der Waals surface area contributed by atoms with Crippen molar-refractivity contribution in [3.63, 3.8) is 0 Å². The fraction of sp³-hybridized carbons (Fsp3) is 0.192. The lowest BCUT2D eigenvalue weighted by atomic mass is 10.0. The number of nitrogens with zero attached hydrogens (tertiary/aromatic N) is 3. The molecule has 2 heterocycles. The number of thioether (sulfide) groups is 1. The van der Waals surface area contributed by atoms with Gasteiger partial charge in [-0.1, -0.05) is 78.0 Å². The summed E-state index contributed by atoms with van der Waals surface area (Å²) in [5.74, 6) is 1.31. The van der Waals surface area contributed by atoms with E-state index in [4.69, 9.17) is 4.74 Å². The molecule has 3 aromatic carbocycles. The number of carbonyl (C=O) groups is 1. The van der Waals surface area contributed by atoms with Crippen LogP contribution in [0.3, 0.4) is 0 Å². The van der Waals surface area contributed by atoms with Gasteiger partial charge in [0.05, 0.1) is 6.04 Å². The normalized spacial score (nSPS) is 16.9. The van der Waals surface area contributed by atoms with E-state index in [-0.39, 0.29) is 18.6 Å². The van der Waals surface area contributed by atoms with Crippen molar-refractivity contribution in [2.45, 2.75) is 36.9 Å². The summed E-state index contributed by atoms with van der Waals surface area (Å²) in [6, 6.07) is 25.3. The zero-order chi connectivity index (χ0) is 23.5. The molecule has 0 saturated heterocycles. The highest BCUT2D eigenvalue weighted by Crippen LogP contribution is 2.38. The van der Waals surface area contributed by atoms with E-state index >= 15 is 0 Å². The summed E-state index contributed by atoms with van der Waals surface area (Å²) >= 11 is 1.40. The number of aromatic nitrogens is 3. The first kappa shape index (κ1) is 22.0. The maximum atomic E-state index is 13.4. The van der Waals surface area contributed by atoms with E-state index in [2.05, 4.69) is 45.2 Å². The van der Waals surface area contributed by atoms with Crippen LogP contribution >= 0.6 is 11.8 Å². The molecular formula is C26H25N5O2S. The van der Waals surface area contributed by atoms with Crippen LogP contribution in [0, 0.1) is 13.8 Å². The summed E-state index contributed by atoms with van der Waals surface area (Å²) in [4.78, 5) is 13.4. The fourth-order valence-corrected chi connectivity index (χ4v) is 4.90. The van der Waals surface area contributed by atoms with Crippen LogP contribution in [0.1, 0.15) is 28.6 Å². The van der Waals surface area contributed by atoms with E-state index in [0.717, 1.165) is 28.1 Å². The fourth-order valence-electron chi connectivity index (χ4n) is 3.80. The van der Waals surface area contributed by atoms with Crippen LogP contribution in [-0.4, -0.2) is 26.0 Å². The number of benzene rings is 3. The largest absolute Gasteiger partial charge is 0.486 e. The first-order chi connectivity index (χ1) is 16.6. The first-order valence-electron chi connectivity index (χ1n) is 11.1. The average Bonchev–Trinajstić information content (AvgIpc) is 3.26. The van der Waals surface area contributed by atoms with Crippen molar-refractivity contribution in [2.24, 2.45) is 0 Å². The Kier molecular flexibility index (Phi) is 6.22. The Hall–Kier alpha value is -3.78. The number of rotatable bonds is 6. The van der Waals surface area contributed by atoms with Gasteiger partial charge in [-0.25, -0.2) is 4.68 Å². The van der Waals surface area contributed by atoms with Crippen LogP contribution in [0.25, 0.3) is 0 Å². The maximum Gasteiger partial charge on any atom is 0.240 e. The second-order valence-corrected chi connectivity index (χ2v) is 9.30. The van der Waals surface area contributed by atoms with Gasteiger partial charge in [0.15, 0.2) is 5.82 Å². The van der Waals surface area contributed by atoms with Gasteiger partial charge in [-0.05, 0) is 43.2 Å². The molecule has 0 unspecified atom stereocenters. The van der Waals surface area contributed by atoms with E-state index < -0.39 is 5.25 Å². The molecule has 7 nitrogen and oxygen atoms in total. The van der Waals surface area contributed by atoms with Crippen LogP contribution in [0.2, 0.25) is 0 Å². The molecule has 1 aliphatic heterocycles. The van der Waals surface area contributed by atoms with Crippen LogP contribution in [-0.2, 0) is 11.4 Å². The van der Waals surface area contributed by atoms with E-state index in [9.17, 15) is 4.79 Å². The highest BCUT2D eigenvalue weighted by molar-refractivity contribution is 8.00. The molecule has 1 aliphatic rings. The molecule has 2 N–H and O–H groups in total. The molecular weight excluding hydrogens is 446 g/mol. The zero-order valence-electron chi connectivity index (χ0n) is 18.9. The molecule has 1 aromatic heterocycles. The minimum Gasteiger partial charge on any atom is -0.486 e. The summed E-state index contributed by atoms with van der Waals surface area (Å²) in [6.45, 7) is 4.28. The Bertz CT molecular complexity index is 1290. The molecule has 172 valence electrons. The van der Waals surface area contributed by atoms with Crippen LogP contribution in [0.15, 0.2) is 84.0 Å². The maximum absolute atomic E-state index is 13.4. The smallest absolute Gasteiger partial charge is 0.240 e. The van der Waals surface area contributed by atoms with Crippen molar-refractivity contribution in [3.05, 3.63) is 101 Å². The van der Waals surface area contributed by atoms with Crippen LogP contribution < -0.4 is 15.5 Å². The number of hydrogen-bond donors (Lipinski definition) is 2. The van der Waals surface area contributed by atoms with Crippen molar-refractivity contribution in [1.82, 2.24) is 14.9 Å². The number of aryl methyl sites for hydroxylation is 2. The SMILES string of the molecule is Cc1ccc([C@H]2Nn3c(COc4ccccc4)nnc3S[C@@H]2C(=O)Nc2ccccc2C)cc1. The number of amides is 1. The lowest BCUT2D eigenvalue weighted by Crippen LogP contribution is -2.41. The summed E-state index contributed by atoms with van der Waals surface area (Å²) < 4.78 is 7.72. The number of hydrogen-bond acceptors (Lipinski definition) is 6. The molecule has 8 heteroatoms. The molecule has 0 radical (unpaired) electrons. The molecule has 0 saturated carbocycles. The second kappa shape index (κ2) is 9.61. The third-order valence-corrected chi connectivity index (χ3v) is 6.93. The van der Waals surface area contributed by atoms with Gasteiger partial charge in [-0.2, -0.15) is 0 Å². The lowest BCUT2D eigenvalue weighted by Gasteiger charge is -2.33. The van der Waals surface area contributed by atoms with E-state index in [0.29, 0.717) is 11.0 Å². The summed E-state index contributed by atoms with van der Waals surface area (Å²) in [5.41, 5.74) is 7.47. The quantitative estimate of drug-likeness (QED) is 0.418. The summed E-state index contributed by atoms with van der Waals surface area (Å²) in [5, 5.41) is 11.9. The molecule has 2 atom stereocenters. The Morgan fingerprint density at radius 2 is 1.74 bits per heavy atom. The number of anilines is 1. The second-order valence-electron chi connectivity index (χ2n) is 8.20. The standard InChI is InChI=1S/C26H25N5O2S/c1-17-12-14-19(15-13-17)23-24(25(32)27-21-11-7-6-8-18(21)2)34-26-29-28-22(31(26)30-23)16-33-20-9-4-3-5-10-20/h3-15,23-24,30H,16H2,1-2H3,(H,27,32)/t23-,24+/m1/s1. The number of carbonyl (C=O) groups excluding carboxylic acids is 1. The molecule has 0 bridgehead atoms. The zero-order valence-corrected chi connectivity index (χ0v) is 19.8. The highest BCUT2D eigenvalue weighted by atomic mass is 32.2. The average molecular weight is 472 g/mol. The molecule has 1 amide bonds. The van der Waals surface area contributed by atoms with E-state index in [1.165, 1.54) is 11.8 Å². The van der Waals surface area contributed by atoms with Crippen molar-refractivity contribution in [2.75, 3.05) is 10.7 Å². The van der Waals surface area contributed by atoms with E-state index in [1.807, 2.05) is 73.1 Å². The molecule has 5 rings (SSSR count). The molecule has 0 fully saturated rings. The van der Waals surface area contributed by atoms with Gasteiger partial charge < -0.3 is 15.5 Å². The Morgan fingerprint density at radius 1 is 1.00 bits per heavy atom. The third kappa shape index (κ3) is 4.63. The monoisotopic (exact) mass is 471 g/mol.